The number of benzene rings is 3. The van der Waals surface area contributed by atoms with Crippen LogP contribution >= 0.6 is 15.9 Å². The van der Waals surface area contributed by atoms with Crippen LogP contribution in [0, 0.1) is 17.8 Å². The number of hydrogen-bond acceptors (Lipinski definition) is 9. The number of allylic oxidation sites excluding steroid dienone is 6. The standard InChI is InChI=1S/C37H31BrN4O6/c1-41(2)21-11-7-19(8-12-21)39-40-20-9-13-22(14-10-20)42-36(46)24-16-15-23-25(31(24)37(42)47)17-26-32(29(44)18-27(38)35(26)45)33(23)34-28(43)5-4-6-30(34)48-3/h4-15,18,24-25,31,33,43H,16-17H2,1-3H3/t24-,25+,31-,33-/m0/s1. The third-order valence-electron chi connectivity index (χ3n) is 9.64. The molecule has 1 fully saturated rings. The number of ketones is 2. The number of ether oxygens (including phenoxy) is 1. The fourth-order valence-corrected chi connectivity index (χ4v) is 7.84. The number of anilines is 2. The van der Waals surface area contributed by atoms with E-state index < -0.39 is 23.7 Å². The normalized spacial score (nSPS) is 23.5. The number of methoxy groups -OCH3 is 1. The minimum atomic E-state index is -0.829. The Labute approximate surface area is 285 Å². The van der Waals surface area contributed by atoms with E-state index in [9.17, 15) is 24.3 Å². The Hall–Kier alpha value is -5.16. The number of halogens is 1. The first-order valence-electron chi connectivity index (χ1n) is 15.5. The minimum absolute atomic E-state index is 0.0954. The van der Waals surface area contributed by atoms with Crippen LogP contribution in [-0.2, 0) is 19.2 Å². The zero-order valence-corrected chi connectivity index (χ0v) is 28.0. The lowest BCUT2D eigenvalue weighted by Gasteiger charge is -2.42. The number of azo groups is 1. The highest BCUT2D eigenvalue weighted by Gasteiger charge is 2.57. The molecule has 0 aromatic heterocycles. The Bertz CT molecular complexity index is 2010. The second-order valence-corrected chi connectivity index (χ2v) is 13.3. The van der Waals surface area contributed by atoms with E-state index in [4.69, 9.17) is 4.74 Å². The SMILES string of the molecule is COc1cccc(O)c1[C@H]1C2=CC[C@@H]3C(=O)N(c4ccc(N=Nc5ccc(N(C)C)cc5)cc4)C(=O)[C@@H]3[C@@H]2CC2=C1C(=O)C=C(Br)C2=O. The number of Topliss-reactive ketones (excluding diaryl/α,β-unsaturated/α-hetero) is 1. The summed E-state index contributed by atoms with van der Waals surface area (Å²) in [5, 5.41) is 19.7. The molecule has 0 unspecified atom stereocenters. The van der Waals surface area contributed by atoms with Gasteiger partial charge in [0.1, 0.15) is 11.5 Å². The molecular weight excluding hydrogens is 676 g/mol. The van der Waals surface area contributed by atoms with Crippen LogP contribution in [0.25, 0.3) is 0 Å². The highest BCUT2D eigenvalue weighted by Crippen LogP contribution is 2.57. The van der Waals surface area contributed by atoms with E-state index in [1.165, 1.54) is 24.2 Å². The van der Waals surface area contributed by atoms with E-state index in [1.807, 2.05) is 49.3 Å². The highest BCUT2D eigenvalue weighted by molar-refractivity contribution is 9.12. The van der Waals surface area contributed by atoms with Crippen LogP contribution in [0.1, 0.15) is 24.3 Å². The third kappa shape index (κ3) is 5.09. The van der Waals surface area contributed by atoms with Crippen LogP contribution < -0.4 is 14.5 Å². The predicted octanol–water partition coefficient (Wildman–Crippen LogP) is 6.85. The van der Waals surface area contributed by atoms with Crippen LogP contribution in [-0.4, -0.2) is 49.7 Å². The molecule has 4 aliphatic rings. The summed E-state index contributed by atoms with van der Waals surface area (Å²) in [6, 6.07) is 19.2. The molecule has 2 amide bonds. The number of phenols is 1. The van der Waals surface area contributed by atoms with E-state index in [1.54, 1.807) is 36.4 Å². The highest BCUT2D eigenvalue weighted by atomic mass is 79.9. The summed E-state index contributed by atoms with van der Waals surface area (Å²) >= 11 is 3.24. The second-order valence-electron chi connectivity index (χ2n) is 12.4. The lowest BCUT2D eigenvalue weighted by Crippen LogP contribution is -2.39. The summed E-state index contributed by atoms with van der Waals surface area (Å²) < 4.78 is 5.74. The maximum absolute atomic E-state index is 14.2. The number of fused-ring (bicyclic) bond motifs is 3. The molecule has 3 aliphatic carbocycles. The summed E-state index contributed by atoms with van der Waals surface area (Å²) in [6.45, 7) is 0. The van der Waals surface area contributed by atoms with Gasteiger partial charge in [0, 0.05) is 48.5 Å². The van der Waals surface area contributed by atoms with E-state index in [-0.39, 0.29) is 57.6 Å². The van der Waals surface area contributed by atoms with Crippen molar-refractivity contribution < 1.29 is 29.0 Å². The molecule has 0 spiro atoms. The monoisotopic (exact) mass is 706 g/mol. The number of carbonyl (C=O) groups excluding carboxylic acids is 4. The van der Waals surface area contributed by atoms with E-state index in [2.05, 4.69) is 26.2 Å². The fourth-order valence-electron chi connectivity index (χ4n) is 7.39. The molecule has 242 valence electrons. The molecule has 1 saturated heterocycles. The number of phenolic OH excluding ortho intramolecular Hbond substituents is 1. The van der Waals surface area contributed by atoms with Gasteiger partial charge in [-0.05, 0) is 95.4 Å². The summed E-state index contributed by atoms with van der Waals surface area (Å²) in [4.78, 5) is 58.4. The van der Waals surface area contributed by atoms with Crippen LogP contribution in [0.4, 0.5) is 22.7 Å². The lowest BCUT2D eigenvalue weighted by molar-refractivity contribution is -0.123. The predicted molar refractivity (Wildman–Crippen MR) is 183 cm³/mol. The molecule has 3 aromatic rings. The van der Waals surface area contributed by atoms with Gasteiger partial charge in [0.25, 0.3) is 0 Å². The summed E-state index contributed by atoms with van der Waals surface area (Å²) in [7, 11) is 5.39. The van der Waals surface area contributed by atoms with E-state index in [0.717, 1.165) is 11.3 Å². The Morgan fingerprint density at radius 3 is 2.21 bits per heavy atom. The first kappa shape index (κ1) is 31.4. The molecule has 3 aromatic carbocycles. The first-order valence-corrected chi connectivity index (χ1v) is 16.3. The minimum Gasteiger partial charge on any atom is -0.507 e. The summed E-state index contributed by atoms with van der Waals surface area (Å²) in [5.41, 5.74) is 4.31. The molecule has 1 heterocycles. The van der Waals surface area contributed by atoms with Crippen molar-refractivity contribution in [1.29, 1.82) is 0 Å². The molecular formula is C37H31BrN4O6. The van der Waals surface area contributed by atoms with Crippen LogP contribution in [0.3, 0.4) is 0 Å². The van der Waals surface area contributed by atoms with Gasteiger partial charge in [-0.2, -0.15) is 10.2 Å². The zero-order valence-electron chi connectivity index (χ0n) is 26.4. The van der Waals surface area contributed by atoms with Crippen molar-refractivity contribution in [3.8, 4) is 11.5 Å². The molecule has 7 rings (SSSR count). The van der Waals surface area contributed by atoms with Crippen LogP contribution in [0.2, 0.25) is 0 Å². The lowest BCUT2D eigenvalue weighted by atomic mass is 9.59. The maximum atomic E-state index is 14.2. The molecule has 11 heteroatoms. The van der Waals surface area contributed by atoms with Gasteiger partial charge in [0.15, 0.2) is 11.6 Å². The molecule has 1 N–H and O–H groups in total. The molecule has 1 aliphatic heterocycles. The number of imide groups is 1. The Morgan fingerprint density at radius 2 is 1.56 bits per heavy atom. The summed E-state index contributed by atoms with van der Waals surface area (Å²) in [6.07, 6.45) is 3.54. The zero-order chi connectivity index (χ0) is 33.9. The van der Waals surface area contributed by atoms with Crippen LogP contribution in [0.5, 0.6) is 11.5 Å². The topological polar surface area (TPSA) is 129 Å². The molecule has 10 nitrogen and oxygen atoms in total. The van der Waals surface area contributed by atoms with Crippen molar-refractivity contribution in [2.24, 2.45) is 28.0 Å². The van der Waals surface area contributed by atoms with Gasteiger partial charge in [0.2, 0.25) is 11.8 Å². The van der Waals surface area contributed by atoms with Gasteiger partial charge in [-0.1, -0.05) is 17.7 Å². The van der Waals surface area contributed by atoms with Gasteiger partial charge in [0.05, 0.1) is 40.5 Å². The number of nitrogens with zero attached hydrogens (tertiary/aromatic N) is 4. The average molecular weight is 708 g/mol. The number of rotatable bonds is 6. The van der Waals surface area contributed by atoms with Gasteiger partial charge in [-0.25, -0.2) is 0 Å². The summed E-state index contributed by atoms with van der Waals surface area (Å²) in [5.74, 6) is -3.92. The first-order chi connectivity index (χ1) is 23.1. The maximum Gasteiger partial charge on any atom is 0.238 e. The van der Waals surface area contributed by atoms with Crippen molar-refractivity contribution >= 4 is 62.1 Å². The molecule has 0 radical (unpaired) electrons. The fraction of sp³-hybridized carbons (Fsp3) is 0.243. The molecule has 0 saturated carbocycles. The van der Waals surface area contributed by atoms with Crippen molar-refractivity contribution in [3.63, 3.8) is 0 Å². The average Bonchev–Trinajstić information content (AvgIpc) is 3.34. The van der Waals surface area contributed by atoms with Gasteiger partial charge in [-0.15, -0.1) is 0 Å². The van der Waals surface area contributed by atoms with E-state index >= 15 is 0 Å². The van der Waals surface area contributed by atoms with Gasteiger partial charge < -0.3 is 14.7 Å². The molecule has 48 heavy (non-hydrogen) atoms. The van der Waals surface area contributed by atoms with Gasteiger partial charge >= 0.3 is 0 Å². The largest absolute Gasteiger partial charge is 0.507 e. The van der Waals surface area contributed by atoms with Crippen molar-refractivity contribution in [2.45, 2.75) is 18.8 Å². The van der Waals surface area contributed by atoms with Crippen molar-refractivity contribution in [3.05, 3.63) is 106 Å². The number of hydrogen-bond donors (Lipinski definition) is 1. The van der Waals surface area contributed by atoms with E-state index in [0.29, 0.717) is 28.4 Å². The Balaban J connectivity index is 1.21. The number of aromatic hydroxyl groups is 1. The van der Waals surface area contributed by atoms with Crippen LogP contribution in [0.15, 0.2) is 110 Å². The number of carbonyl (C=O) groups is 4. The van der Waals surface area contributed by atoms with Crippen molar-refractivity contribution in [1.82, 2.24) is 0 Å². The third-order valence-corrected chi connectivity index (χ3v) is 10.2. The number of amides is 2. The molecule has 0 bridgehead atoms. The Morgan fingerprint density at radius 1 is 0.896 bits per heavy atom. The molecule has 4 atom stereocenters. The second kappa shape index (κ2) is 12.1. The Kier molecular flexibility index (Phi) is 7.95. The van der Waals surface area contributed by atoms with Gasteiger partial charge in [-0.3, -0.25) is 24.1 Å². The van der Waals surface area contributed by atoms with Crippen molar-refractivity contribution in [2.75, 3.05) is 31.0 Å². The quantitative estimate of drug-likeness (QED) is 0.129. The smallest absolute Gasteiger partial charge is 0.238 e.